The van der Waals surface area contributed by atoms with Crippen molar-refractivity contribution in [3.8, 4) is 11.3 Å². The summed E-state index contributed by atoms with van der Waals surface area (Å²) in [6.45, 7) is 0. The molecular formula is C27H21ClN2O4S. The molecule has 4 aromatic rings. The number of para-hydroxylation sites is 1. The van der Waals surface area contributed by atoms with Gasteiger partial charge in [0.1, 0.15) is 16.5 Å². The number of aromatic carboxylic acids is 1. The molecule has 0 unspecified atom stereocenters. The molecule has 0 saturated carbocycles. The van der Waals surface area contributed by atoms with E-state index in [0.717, 1.165) is 36.9 Å². The van der Waals surface area contributed by atoms with Crippen LogP contribution in [0.2, 0.25) is 5.02 Å². The standard InChI is InChI=1S/C27H21ClN2O4S/c28-21-14-16(10-12-19(21)27(32)33)22-13-11-18(34-22)15-29-26-24(20-8-4-5-9-23(20)35-26)25(31)30-17-6-2-1-3-7-17/h1-3,6-7,10-15H,4-5,8-9H2,(H,30,31)(H,32,33). The first-order chi connectivity index (χ1) is 17.0. The lowest BCUT2D eigenvalue weighted by molar-refractivity contribution is 0.0697. The van der Waals surface area contributed by atoms with Crippen LogP contribution in [0.15, 0.2) is 70.1 Å². The Morgan fingerprint density at radius 2 is 1.86 bits per heavy atom. The van der Waals surface area contributed by atoms with Crippen LogP contribution in [0.1, 0.15) is 49.8 Å². The number of carbonyl (C=O) groups is 2. The summed E-state index contributed by atoms with van der Waals surface area (Å²) >= 11 is 7.65. The van der Waals surface area contributed by atoms with E-state index in [1.807, 2.05) is 30.3 Å². The summed E-state index contributed by atoms with van der Waals surface area (Å²) in [6.07, 6.45) is 5.60. The monoisotopic (exact) mass is 504 g/mol. The Morgan fingerprint density at radius 3 is 2.63 bits per heavy atom. The van der Waals surface area contributed by atoms with Crippen LogP contribution in [0.25, 0.3) is 11.3 Å². The van der Waals surface area contributed by atoms with E-state index in [-0.39, 0.29) is 16.5 Å². The number of fused-ring (bicyclic) bond motifs is 1. The van der Waals surface area contributed by atoms with Crippen LogP contribution in [0.5, 0.6) is 0 Å². The number of carboxylic acids is 1. The number of furan rings is 1. The molecule has 0 radical (unpaired) electrons. The number of aryl methyl sites for hydroxylation is 1. The number of aliphatic imine (C=N–C) groups is 1. The Kier molecular flexibility index (Phi) is 6.53. The molecule has 2 heterocycles. The topological polar surface area (TPSA) is 91.9 Å². The number of thiophene rings is 1. The summed E-state index contributed by atoms with van der Waals surface area (Å²) in [5, 5.41) is 13.0. The Hall–Kier alpha value is -3.68. The molecule has 2 aromatic heterocycles. The van der Waals surface area contributed by atoms with E-state index in [2.05, 4.69) is 10.3 Å². The molecule has 6 nitrogen and oxygen atoms in total. The number of nitrogens with zero attached hydrogens (tertiary/aromatic N) is 1. The van der Waals surface area contributed by atoms with Crippen LogP contribution < -0.4 is 5.32 Å². The lowest BCUT2D eigenvalue weighted by Crippen LogP contribution is -2.14. The molecule has 1 aliphatic rings. The zero-order chi connectivity index (χ0) is 24.4. The molecule has 0 spiro atoms. The molecule has 0 saturated heterocycles. The highest BCUT2D eigenvalue weighted by molar-refractivity contribution is 7.16. The van der Waals surface area contributed by atoms with Crippen molar-refractivity contribution in [2.45, 2.75) is 25.7 Å². The van der Waals surface area contributed by atoms with E-state index in [4.69, 9.17) is 21.1 Å². The van der Waals surface area contributed by atoms with Crippen molar-refractivity contribution in [3.05, 3.63) is 93.0 Å². The lowest BCUT2D eigenvalue weighted by atomic mass is 9.95. The molecule has 0 bridgehead atoms. The van der Waals surface area contributed by atoms with Crippen molar-refractivity contribution >= 4 is 51.7 Å². The van der Waals surface area contributed by atoms with Gasteiger partial charge < -0.3 is 14.8 Å². The van der Waals surface area contributed by atoms with Gasteiger partial charge in [0.05, 0.1) is 22.4 Å². The average Bonchev–Trinajstić information content (AvgIpc) is 3.47. The van der Waals surface area contributed by atoms with E-state index in [9.17, 15) is 9.59 Å². The minimum atomic E-state index is -1.08. The van der Waals surface area contributed by atoms with E-state index in [0.29, 0.717) is 27.6 Å². The van der Waals surface area contributed by atoms with Crippen molar-refractivity contribution in [1.82, 2.24) is 0 Å². The van der Waals surface area contributed by atoms with Crippen LogP contribution in [0.4, 0.5) is 10.7 Å². The first-order valence-corrected chi connectivity index (χ1v) is 12.4. The molecule has 0 fully saturated rings. The molecule has 35 heavy (non-hydrogen) atoms. The molecule has 2 aromatic carbocycles. The number of hydrogen-bond acceptors (Lipinski definition) is 5. The zero-order valence-electron chi connectivity index (χ0n) is 18.6. The van der Waals surface area contributed by atoms with E-state index in [1.54, 1.807) is 41.8 Å². The van der Waals surface area contributed by atoms with Crippen LogP contribution in [0, 0.1) is 0 Å². The number of halogens is 1. The summed E-state index contributed by atoms with van der Waals surface area (Å²) in [7, 11) is 0. The number of amides is 1. The van der Waals surface area contributed by atoms with Crippen molar-refractivity contribution in [1.29, 1.82) is 0 Å². The highest BCUT2D eigenvalue weighted by Crippen LogP contribution is 2.40. The van der Waals surface area contributed by atoms with Crippen LogP contribution >= 0.6 is 22.9 Å². The lowest BCUT2D eigenvalue weighted by Gasteiger charge is -2.12. The molecular weight excluding hydrogens is 484 g/mol. The first kappa shape index (κ1) is 23.1. The van der Waals surface area contributed by atoms with E-state index < -0.39 is 5.97 Å². The van der Waals surface area contributed by atoms with Gasteiger partial charge in [0.25, 0.3) is 5.91 Å². The number of carboxylic acid groups (broad SMARTS) is 1. The molecule has 2 N–H and O–H groups in total. The molecule has 1 aliphatic carbocycles. The van der Waals surface area contributed by atoms with E-state index >= 15 is 0 Å². The molecule has 1 amide bonds. The van der Waals surface area contributed by atoms with Gasteiger partial charge in [-0.15, -0.1) is 11.3 Å². The largest absolute Gasteiger partial charge is 0.478 e. The maximum Gasteiger partial charge on any atom is 0.337 e. The highest BCUT2D eigenvalue weighted by Gasteiger charge is 2.25. The predicted octanol–water partition coefficient (Wildman–Crippen LogP) is 7.24. The first-order valence-electron chi connectivity index (χ1n) is 11.2. The normalized spacial score (nSPS) is 13.1. The van der Waals surface area contributed by atoms with Gasteiger partial charge in [0.15, 0.2) is 0 Å². The minimum absolute atomic E-state index is 0.0340. The molecule has 0 aliphatic heterocycles. The number of rotatable bonds is 6. The smallest absolute Gasteiger partial charge is 0.337 e. The molecule has 176 valence electrons. The van der Waals surface area contributed by atoms with Crippen molar-refractivity contribution in [3.63, 3.8) is 0 Å². The Balaban J connectivity index is 1.42. The summed E-state index contributed by atoms with van der Waals surface area (Å²) in [5.41, 5.74) is 3.16. The van der Waals surface area contributed by atoms with Crippen LogP contribution in [-0.4, -0.2) is 23.2 Å². The second kappa shape index (κ2) is 9.90. The Morgan fingerprint density at radius 1 is 1.06 bits per heavy atom. The zero-order valence-corrected chi connectivity index (χ0v) is 20.2. The summed E-state index contributed by atoms with van der Waals surface area (Å²) in [4.78, 5) is 30.3. The predicted molar refractivity (Wildman–Crippen MR) is 139 cm³/mol. The van der Waals surface area contributed by atoms with E-state index in [1.165, 1.54) is 10.9 Å². The second-order valence-electron chi connectivity index (χ2n) is 8.17. The second-order valence-corrected chi connectivity index (χ2v) is 9.66. The summed E-state index contributed by atoms with van der Waals surface area (Å²) in [6, 6.07) is 17.6. The van der Waals surface area contributed by atoms with Crippen LogP contribution in [0.3, 0.4) is 0 Å². The highest BCUT2D eigenvalue weighted by atomic mass is 35.5. The van der Waals surface area contributed by atoms with Gasteiger partial charge in [-0.2, -0.15) is 0 Å². The third kappa shape index (κ3) is 4.92. The molecule has 0 atom stereocenters. The van der Waals surface area contributed by atoms with Crippen molar-refractivity contribution < 1.29 is 19.1 Å². The Labute approximate surface area is 210 Å². The summed E-state index contributed by atoms with van der Waals surface area (Å²) < 4.78 is 5.89. The van der Waals surface area contributed by atoms with Crippen molar-refractivity contribution in [2.75, 3.05) is 5.32 Å². The number of nitrogens with one attached hydrogen (secondary N) is 1. The minimum Gasteiger partial charge on any atom is -0.478 e. The fourth-order valence-electron chi connectivity index (χ4n) is 4.13. The van der Waals surface area contributed by atoms with Gasteiger partial charge in [0, 0.05) is 16.1 Å². The summed E-state index contributed by atoms with van der Waals surface area (Å²) in [5.74, 6) is -0.187. The van der Waals surface area contributed by atoms with Gasteiger partial charge in [-0.05, 0) is 67.6 Å². The fraction of sp³-hybridized carbons (Fsp3) is 0.148. The van der Waals surface area contributed by atoms with Gasteiger partial charge in [-0.3, -0.25) is 4.79 Å². The van der Waals surface area contributed by atoms with Gasteiger partial charge in [-0.1, -0.05) is 35.9 Å². The third-order valence-corrected chi connectivity index (χ3v) is 7.34. The van der Waals surface area contributed by atoms with Crippen LogP contribution in [-0.2, 0) is 12.8 Å². The fourth-order valence-corrected chi connectivity index (χ4v) is 5.62. The van der Waals surface area contributed by atoms with Gasteiger partial charge in [0.2, 0.25) is 0 Å². The maximum absolute atomic E-state index is 13.2. The maximum atomic E-state index is 13.2. The SMILES string of the molecule is O=C(O)c1ccc(-c2ccc(C=Nc3sc4c(c3C(=O)Nc3ccccc3)CCCC4)o2)cc1Cl. The van der Waals surface area contributed by atoms with Gasteiger partial charge >= 0.3 is 5.97 Å². The number of anilines is 1. The van der Waals surface area contributed by atoms with Gasteiger partial charge in [-0.25, -0.2) is 9.79 Å². The number of hydrogen-bond donors (Lipinski definition) is 2. The van der Waals surface area contributed by atoms with Crippen molar-refractivity contribution in [2.24, 2.45) is 4.99 Å². The molecule has 5 rings (SSSR count). The number of benzene rings is 2. The average molecular weight is 505 g/mol. The molecule has 8 heteroatoms. The Bertz CT molecular complexity index is 1440. The number of carbonyl (C=O) groups excluding carboxylic acids is 1. The third-order valence-electron chi connectivity index (χ3n) is 5.83. The quantitative estimate of drug-likeness (QED) is 0.271.